The third-order valence-corrected chi connectivity index (χ3v) is 4.48. The highest BCUT2D eigenvalue weighted by molar-refractivity contribution is 6.63. The predicted molar refractivity (Wildman–Crippen MR) is 84.8 cm³/mol. The van der Waals surface area contributed by atoms with Crippen molar-refractivity contribution < 1.29 is 23.6 Å². The average molecular weight is 306 g/mol. The van der Waals surface area contributed by atoms with Crippen molar-refractivity contribution in [2.24, 2.45) is 0 Å². The number of benzene rings is 1. The van der Waals surface area contributed by atoms with Crippen LogP contribution in [0.5, 0.6) is 5.75 Å². The summed E-state index contributed by atoms with van der Waals surface area (Å²) in [5.41, 5.74) is 1.00. The number of carbonyl (C=O) groups excluding carboxylic acids is 1. The molecule has 1 saturated heterocycles. The topological polar surface area (TPSA) is 54.0 Å². The van der Waals surface area contributed by atoms with Gasteiger partial charge in [-0.25, -0.2) is 4.79 Å². The van der Waals surface area contributed by atoms with Crippen molar-refractivity contribution in [2.75, 3.05) is 14.2 Å². The normalized spacial score (nSPS) is 19.1. The van der Waals surface area contributed by atoms with Crippen molar-refractivity contribution in [2.45, 2.75) is 45.8 Å². The Morgan fingerprint density at radius 2 is 1.64 bits per heavy atom. The minimum absolute atomic E-state index is 0.392. The summed E-state index contributed by atoms with van der Waals surface area (Å²) >= 11 is 0. The molecule has 0 aliphatic carbocycles. The molecule has 0 bridgehead atoms. The summed E-state index contributed by atoms with van der Waals surface area (Å²) in [5.74, 6) is 0.184. The molecule has 1 aromatic carbocycles. The minimum Gasteiger partial charge on any atom is -0.496 e. The van der Waals surface area contributed by atoms with Gasteiger partial charge in [-0.15, -0.1) is 0 Å². The quantitative estimate of drug-likeness (QED) is 0.632. The molecule has 120 valence electrons. The van der Waals surface area contributed by atoms with Crippen LogP contribution in [0.1, 0.15) is 43.6 Å². The number of rotatable bonds is 3. The first-order valence-corrected chi connectivity index (χ1v) is 7.25. The van der Waals surface area contributed by atoms with Gasteiger partial charge in [-0.3, -0.25) is 0 Å². The third kappa shape index (κ3) is 2.73. The van der Waals surface area contributed by atoms with Crippen molar-refractivity contribution in [3.63, 3.8) is 0 Å². The summed E-state index contributed by atoms with van der Waals surface area (Å²) in [6.45, 7) is 9.80. The van der Waals surface area contributed by atoms with Crippen LogP contribution < -0.4 is 10.2 Å². The first-order valence-electron chi connectivity index (χ1n) is 7.25. The highest BCUT2D eigenvalue weighted by atomic mass is 16.7. The summed E-state index contributed by atoms with van der Waals surface area (Å²) in [6.07, 6.45) is 0. The summed E-state index contributed by atoms with van der Waals surface area (Å²) in [7, 11) is 2.30. The molecule has 6 heteroatoms. The largest absolute Gasteiger partial charge is 0.496 e. The van der Waals surface area contributed by atoms with Crippen LogP contribution in [0.3, 0.4) is 0 Å². The van der Waals surface area contributed by atoms with Crippen LogP contribution in [-0.4, -0.2) is 38.5 Å². The van der Waals surface area contributed by atoms with Gasteiger partial charge in [0, 0.05) is 0 Å². The van der Waals surface area contributed by atoms with E-state index in [4.69, 9.17) is 18.8 Å². The zero-order valence-electron chi connectivity index (χ0n) is 14.3. The van der Waals surface area contributed by atoms with Crippen molar-refractivity contribution in [1.29, 1.82) is 0 Å². The Bertz CT molecular complexity index is 578. The fourth-order valence-corrected chi connectivity index (χ4v) is 2.38. The van der Waals surface area contributed by atoms with Crippen LogP contribution in [0.25, 0.3) is 0 Å². The maximum absolute atomic E-state index is 12.1. The van der Waals surface area contributed by atoms with Crippen molar-refractivity contribution in [3.8, 4) is 5.75 Å². The maximum atomic E-state index is 12.1. The molecule has 0 unspecified atom stereocenters. The lowest BCUT2D eigenvalue weighted by atomic mass is 9.75. The molecule has 1 aliphatic rings. The van der Waals surface area contributed by atoms with E-state index < -0.39 is 24.3 Å². The number of ether oxygens (including phenoxy) is 2. The standard InChI is InChI=1S/C16H23BO5/c1-10-8-12(11(14(18)20-7)9-13(10)19-6)17-21-15(2,3)16(4,5)22-17/h8-9H,1-7H3. The molecule has 1 aliphatic heterocycles. The van der Waals surface area contributed by atoms with Crippen LogP contribution in [0.2, 0.25) is 0 Å². The molecule has 0 atom stereocenters. The molecule has 0 saturated carbocycles. The highest BCUT2D eigenvalue weighted by Crippen LogP contribution is 2.37. The molecule has 1 fully saturated rings. The Hall–Kier alpha value is -1.53. The molecule has 1 aromatic rings. The van der Waals surface area contributed by atoms with Gasteiger partial charge >= 0.3 is 13.1 Å². The van der Waals surface area contributed by atoms with Gasteiger partial charge in [0.05, 0.1) is 31.0 Å². The van der Waals surface area contributed by atoms with E-state index in [0.29, 0.717) is 16.8 Å². The van der Waals surface area contributed by atoms with E-state index in [-0.39, 0.29) is 0 Å². The monoisotopic (exact) mass is 306 g/mol. The lowest BCUT2D eigenvalue weighted by Crippen LogP contribution is -2.41. The van der Waals surface area contributed by atoms with Gasteiger partial charge < -0.3 is 18.8 Å². The average Bonchev–Trinajstić information content (AvgIpc) is 2.66. The Morgan fingerprint density at radius 3 is 2.09 bits per heavy atom. The first-order chi connectivity index (χ1) is 10.1. The maximum Gasteiger partial charge on any atom is 0.495 e. The molecule has 2 rings (SSSR count). The zero-order valence-corrected chi connectivity index (χ0v) is 14.3. The number of hydrogen-bond acceptors (Lipinski definition) is 5. The number of aryl methyl sites for hydroxylation is 1. The zero-order chi connectivity index (χ0) is 16.7. The predicted octanol–water partition coefficient (Wildman–Crippen LogP) is 2.09. The summed E-state index contributed by atoms with van der Waals surface area (Å²) in [6, 6.07) is 3.52. The minimum atomic E-state index is -0.622. The molecular weight excluding hydrogens is 283 g/mol. The Balaban J connectivity index is 2.51. The van der Waals surface area contributed by atoms with Gasteiger partial charge in [-0.05, 0) is 51.7 Å². The Morgan fingerprint density at radius 1 is 1.09 bits per heavy atom. The highest BCUT2D eigenvalue weighted by Gasteiger charge is 2.52. The van der Waals surface area contributed by atoms with E-state index in [0.717, 1.165) is 5.56 Å². The van der Waals surface area contributed by atoms with Gasteiger partial charge in [0.1, 0.15) is 5.75 Å². The van der Waals surface area contributed by atoms with Crippen LogP contribution in [0, 0.1) is 6.92 Å². The summed E-state index contributed by atoms with van der Waals surface area (Å²) < 4.78 is 22.3. The number of hydrogen-bond donors (Lipinski definition) is 0. The van der Waals surface area contributed by atoms with E-state index in [1.54, 1.807) is 13.2 Å². The van der Waals surface area contributed by atoms with Crippen LogP contribution in [-0.2, 0) is 14.0 Å². The number of carbonyl (C=O) groups is 1. The SMILES string of the molecule is COC(=O)c1cc(OC)c(C)cc1B1OC(C)(C)C(C)(C)O1. The molecule has 22 heavy (non-hydrogen) atoms. The van der Waals surface area contributed by atoms with E-state index in [9.17, 15) is 4.79 Å². The van der Waals surface area contributed by atoms with Crippen LogP contribution in [0.15, 0.2) is 12.1 Å². The smallest absolute Gasteiger partial charge is 0.495 e. The first kappa shape index (κ1) is 16.8. The van der Waals surface area contributed by atoms with Crippen LogP contribution in [0.4, 0.5) is 0 Å². The van der Waals surface area contributed by atoms with E-state index in [1.807, 2.05) is 40.7 Å². The van der Waals surface area contributed by atoms with Crippen molar-refractivity contribution >= 4 is 18.6 Å². The number of esters is 1. The van der Waals surface area contributed by atoms with Gasteiger partial charge in [0.15, 0.2) is 0 Å². The van der Waals surface area contributed by atoms with Gasteiger partial charge in [-0.2, -0.15) is 0 Å². The lowest BCUT2D eigenvalue weighted by molar-refractivity contribution is 0.00578. The van der Waals surface area contributed by atoms with E-state index >= 15 is 0 Å². The molecule has 0 amide bonds. The second-order valence-electron chi connectivity index (χ2n) is 6.49. The molecule has 0 N–H and O–H groups in total. The molecular formula is C16H23BO5. The second kappa shape index (κ2) is 5.59. The second-order valence-corrected chi connectivity index (χ2v) is 6.49. The molecule has 0 spiro atoms. The lowest BCUT2D eigenvalue weighted by Gasteiger charge is -2.32. The van der Waals surface area contributed by atoms with Gasteiger partial charge in [0.25, 0.3) is 0 Å². The fourth-order valence-electron chi connectivity index (χ4n) is 2.38. The summed E-state index contributed by atoms with van der Waals surface area (Å²) in [5, 5.41) is 0. The molecule has 1 heterocycles. The molecule has 0 radical (unpaired) electrons. The molecule has 0 aromatic heterocycles. The van der Waals surface area contributed by atoms with Crippen molar-refractivity contribution in [1.82, 2.24) is 0 Å². The number of methoxy groups -OCH3 is 2. The van der Waals surface area contributed by atoms with Gasteiger partial charge in [-0.1, -0.05) is 6.07 Å². The van der Waals surface area contributed by atoms with Crippen molar-refractivity contribution in [3.05, 3.63) is 23.3 Å². The summed E-state index contributed by atoms with van der Waals surface area (Å²) in [4.78, 5) is 12.1. The Kier molecular flexibility index (Phi) is 4.28. The van der Waals surface area contributed by atoms with Gasteiger partial charge in [0.2, 0.25) is 0 Å². The Labute approximate surface area is 132 Å². The molecule has 5 nitrogen and oxygen atoms in total. The fraction of sp³-hybridized carbons (Fsp3) is 0.562. The van der Waals surface area contributed by atoms with Crippen LogP contribution >= 0.6 is 0 Å². The third-order valence-electron chi connectivity index (χ3n) is 4.48. The van der Waals surface area contributed by atoms with E-state index in [1.165, 1.54) is 7.11 Å². The van der Waals surface area contributed by atoms with E-state index in [2.05, 4.69) is 0 Å².